The first kappa shape index (κ1) is 18.4. The number of hydrogen-bond acceptors (Lipinski definition) is 3. The van der Waals surface area contributed by atoms with Gasteiger partial charge in [-0.1, -0.05) is 57.9 Å². The molecule has 0 aliphatic heterocycles. The van der Waals surface area contributed by atoms with Gasteiger partial charge in [-0.3, -0.25) is 4.79 Å². The molecule has 4 nitrogen and oxygen atoms in total. The van der Waals surface area contributed by atoms with Crippen LogP contribution in [0.5, 0.6) is 5.75 Å². The topological polar surface area (TPSA) is 50.7 Å². The van der Waals surface area contributed by atoms with Gasteiger partial charge < -0.3 is 4.74 Å². The molecule has 0 aliphatic carbocycles. The van der Waals surface area contributed by atoms with E-state index in [4.69, 9.17) is 16.3 Å². The molecule has 1 N–H and O–H groups in total. The molecule has 0 spiro atoms. The number of benzene rings is 3. The monoisotopic (exact) mass is 430 g/mol. The number of halogens is 2. The first-order valence-corrected chi connectivity index (χ1v) is 9.07. The smallest absolute Gasteiger partial charge is 0.244 e. The highest BCUT2D eigenvalue weighted by Gasteiger charge is 2.08. The van der Waals surface area contributed by atoms with Crippen LogP contribution in [0.4, 0.5) is 0 Å². The van der Waals surface area contributed by atoms with E-state index in [0.717, 1.165) is 26.4 Å². The van der Waals surface area contributed by atoms with Crippen LogP contribution in [-0.4, -0.2) is 19.2 Å². The Labute approximate surface area is 164 Å². The Bertz CT molecular complexity index is 989. The predicted molar refractivity (Wildman–Crippen MR) is 109 cm³/mol. The summed E-state index contributed by atoms with van der Waals surface area (Å²) < 4.78 is 6.11. The highest BCUT2D eigenvalue weighted by atomic mass is 79.9. The van der Waals surface area contributed by atoms with Crippen molar-refractivity contribution in [2.24, 2.45) is 5.10 Å². The molecule has 1 amide bonds. The normalized spacial score (nSPS) is 11.0. The summed E-state index contributed by atoms with van der Waals surface area (Å²) >= 11 is 9.61. The zero-order chi connectivity index (χ0) is 18.5. The summed E-state index contributed by atoms with van der Waals surface area (Å²) in [4.78, 5) is 12.2. The summed E-state index contributed by atoms with van der Waals surface area (Å²) in [7, 11) is 1.56. The Morgan fingerprint density at radius 2 is 1.96 bits per heavy atom. The highest BCUT2D eigenvalue weighted by molar-refractivity contribution is 9.10. The summed E-state index contributed by atoms with van der Waals surface area (Å²) in [6.07, 6.45) is 1.79. The Hall–Kier alpha value is -2.37. The minimum absolute atomic E-state index is 0.187. The van der Waals surface area contributed by atoms with Crippen molar-refractivity contribution >= 4 is 50.4 Å². The fraction of sp³-hybridized carbons (Fsp3) is 0.100. The molecule has 0 heterocycles. The van der Waals surface area contributed by atoms with Gasteiger partial charge in [0.1, 0.15) is 5.75 Å². The van der Waals surface area contributed by atoms with Crippen molar-refractivity contribution in [3.63, 3.8) is 0 Å². The first-order chi connectivity index (χ1) is 12.6. The number of ether oxygens (including phenoxy) is 1. The van der Waals surface area contributed by atoms with Crippen LogP contribution in [0.3, 0.4) is 0 Å². The second kappa shape index (κ2) is 8.34. The molecular weight excluding hydrogens is 416 g/mol. The molecule has 0 atom stereocenters. The van der Waals surface area contributed by atoms with E-state index in [1.807, 2.05) is 42.5 Å². The maximum atomic E-state index is 12.2. The fourth-order valence-corrected chi connectivity index (χ4v) is 3.38. The van der Waals surface area contributed by atoms with E-state index in [1.165, 1.54) is 0 Å². The lowest BCUT2D eigenvalue weighted by Gasteiger charge is -2.07. The van der Waals surface area contributed by atoms with Crippen molar-refractivity contribution in [3.8, 4) is 5.75 Å². The van der Waals surface area contributed by atoms with E-state index in [-0.39, 0.29) is 12.3 Å². The first-order valence-electron chi connectivity index (χ1n) is 7.90. The van der Waals surface area contributed by atoms with Crippen molar-refractivity contribution in [3.05, 3.63) is 75.2 Å². The molecule has 26 heavy (non-hydrogen) atoms. The molecule has 132 valence electrons. The largest absolute Gasteiger partial charge is 0.495 e. The van der Waals surface area contributed by atoms with E-state index in [2.05, 4.69) is 26.5 Å². The molecule has 0 fully saturated rings. The van der Waals surface area contributed by atoms with Crippen LogP contribution >= 0.6 is 27.5 Å². The van der Waals surface area contributed by atoms with Crippen LogP contribution in [0.25, 0.3) is 10.8 Å². The molecule has 0 unspecified atom stereocenters. The van der Waals surface area contributed by atoms with Crippen LogP contribution < -0.4 is 10.2 Å². The van der Waals surface area contributed by atoms with E-state index in [9.17, 15) is 4.79 Å². The minimum Gasteiger partial charge on any atom is -0.495 e. The van der Waals surface area contributed by atoms with E-state index < -0.39 is 0 Å². The van der Waals surface area contributed by atoms with Crippen molar-refractivity contribution in [2.75, 3.05) is 7.11 Å². The number of nitrogens with zero attached hydrogens (tertiary/aromatic N) is 1. The molecule has 0 saturated carbocycles. The third-order valence-electron chi connectivity index (χ3n) is 3.89. The number of hydrogen-bond donors (Lipinski definition) is 1. The van der Waals surface area contributed by atoms with E-state index in [1.54, 1.807) is 25.5 Å². The summed E-state index contributed by atoms with van der Waals surface area (Å²) in [5.74, 6) is 0.406. The van der Waals surface area contributed by atoms with Gasteiger partial charge in [0.05, 0.1) is 24.8 Å². The molecule has 0 aromatic heterocycles. The quantitative estimate of drug-likeness (QED) is 0.459. The summed E-state index contributed by atoms with van der Waals surface area (Å²) in [5, 5.41) is 6.61. The number of nitrogens with one attached hydrogen (secondary N) is 1. The molecule has 3 aromatic rings. The van der Waals surface area contributed by atoms with Crippen molar-refractivity contribution < 1.29 is 9.53 Å². The van der Waals surface area contributed by atoms with Crippen LogP contribution in [0, 0.1) is 0 Å². The molecule has 0 bridgehead atoms. The lowest BCUT2D eigenvalue weighted by Crippen LogP contribution is -2.19. The van der Waals surface area contributed by atoms with Crippen LogP contribution in [-0.2, 0) is 11.2 Å². The van der Waals surface area contributed by atoms with Gasteiger partial charge >= 0.3 is 0 Å². The van der Waals surface area contributed by atoms with Crippen LogP contribution in [0.15, 0.2) is 64.2 Å². The molecule has 0 aliphatic rings. The minimum atomic E-state index is -0.187. The Kier molecular flexibility index (Phi) is 5.91. The van der Waals surface area contributed by atoms with Gasteiger partial charge in [0, 0.05) is 4.47 Å². The molecule has 6 heteroatoms. The second-order valence-electron chi connectivity index (χ2n) is 5.62. The van der Waals surface area contributed by atoms with Gasteiger partial charge in [-0.05, 0) is 46.2 Å². The van der Waals surface area contributed by atoms with Gasteiger partial charge in [-0.25, -0.2) is 5.43 Å². The van der Waals surface area contributed by atoms with Gasteiger partial charge in [-0.2, -0.15) is 5.10 Å². The highest BCUT2D eigenvalue weighted by Crippen LogP contribution is 2.27. The Morgan fingerprint density at radius 3 is 2.69 bits per heavy atom. The molecule has 0 radical (unpaired) electrons. The van der Waals surface area contributed by atoms with Crippen molar-refractivity contribution in [1.82, 2.24) is 5.43 Å². The number of methoxy groups -OCH3 is 1. The summed E-state index contributed by atoms with van der Waals surface area (Å²) in [5.41, 5.74) is 4.27. The Morgan fingerprint density at radius 1 is 1.19 bits per heavy atom. The summed E-state index contributed by atoms with van der Waals surface area (Å²) in [6, 6.07) is 17.1. The third kappa shape index (κ3) is 4.23. The van der Waals surface area contributed by atoms with Gasteiger partial charge in [0.25, 0.3) is 0 Å². The molecule has 3 aromatic carbocycles. The summed E-state index contributed by atoms with van der Waals surface area (Å²) in [6.45, 7) is 0. The zero-order valence-corrected chi connectivity index (χ0v) is 16.3. The Balaban J connectivity index is 1.68. The number of carbonyl (C=O) groups excluding carboxylic acids is 1. The average molecular weight is 432 g/mol. The number of fused-ring (bicyclic) bond motifs is 1. The average Bonchev–Trinajstić information content (AvgIpc) is 2.64. The number of carbonyl (C=O) groups is 1. The lowest BCUT2D eigenvalue weighted by atomic mass is 10.0. The third-order valence-corrected chi connectivity index (χ3v) is 4.88. The van der Waals surface area contributed by atoms with Gasteiger partial charge in [0.15, 0.2) is 0 Å². The van der Waals surface area contributed by atoms with E-state index in [0.29, 0.717) is 10.8 Å². The SMILES string of the molecule is COc1ccc(/C=N/NC(=O)Cc2ccc(Br)c3ccccc23)cc1Cl. The maximum absolute atomic E-state index is 12.2. The second-order valence-corrected chi connectivity index (χ2v) is 6.88. The molecular formula is C20H16BrClN2O2. The predicted octanol–water partition coefficient (Wildman–Crippen LogP) is 4.96. The maximum Gasteiger partial charge on any atom is 0.244 e. The molecule has 0 saturated heterocycles. The van der Waals surface area contributed by atoms with Gasteiger partial charge in [0.2, 0.25) is 5.91 Å². The van der Waals surface area contributed by atoms with Crippen LogP contribution in [0.1, 0.15) is 11.1 Å². The van der Waals surface area contributed by atoms with Gasteiger partial charge in [-0.15, -0.1) is 0 Å². The molecule has 3 rings (SSSR count). The number of hydrazone groups is 1. The number of rotatable bonds is 5. The van der Waals surface area contributed by atoms with E-state index >= 15 is 0 Å². The van der Waals surface area contributed by atoms with Crippen molar-refractivity contribution in [1.29, 1.82) is 0 Å². The zero-order valence-electron chi connectivity index (χ0n) is 14.0. The van der Waals surface area contributed by atoms with Crippen LogP contribution in [0.2, 0.25) is 5.02 Å². The standard InChI is InChI=1S/C20H16BrClN2O2/c1-26-19-9-6-13(10-18(19)22)12-23-24-20(25)11-14-7-8-17(21)16-5-3-2-4-15(14)16/h2-10,12H,11H2,1H3,(H,24,25)/b23-12+. The fourth-order valence-electron chi connectivity index (χ4n) is 2.63. The van der Waals surface area contributed by atoms with Crippen molar-refractivity contribution in [2.45, 2.75) is 6.42 Å². The number of amides is 1. The lowest BCUT2D eigenvalue weighted by molar-refractivity contribution is -0.120.